The van der Waals surface area contributed by atoms with Gasteiger partial charge in [-0.25, -0.2) is 4.21 Å². The summed E-state index contributed by atoms with van der Waals surface area (Å²) in [4.78, 5) is 0. The van der Waals surface area contributed by atoms with Gasteiger partial charge in [0.05, 0.1) is 15.7 Å². The van der Waals surface area contributed by atoms with Gasteiger partial charge in [0.25, 0.3) is 0 Å². The summed E-state index contributed by atoms with van der Waals surface area (Å²) in [7, 11) is -1.25. The highest BCUT2D eigenvalue weighted by atomic mass is 32.2. The molecular formula is C10H19NOS. The molecule has 1 atom stereocenters. The van der Waals surface area contributed by atoms with E-state index in [1.807, 2.05) is 13.8 Å². The molecule has 1 unspecified atom stereocenters. The maximum atomic E-state index is 11.2. The van der Waals surface area contributed by atoms with E-state index in [1.54, 1.807) is 0 Å². The molecule has 0 heterocycles. The van der Waals surface area contributed by atoms with E-state index < -0.39 is 11.0 Å². The average molecular weight is 201 g/mol. The highest BCUT2D eigenvalue weighted by Gasteiger charge is 2.21. The molecule has 0 bridgehead atoms. The third kappa shape index (κ3) is 3.24. The first-order valence-corrected chi connectivity index (χ1v) is 6.10. The second kappa shape index (κ2) is 4.38. The molecule has 0 spiro atoms. The smallest absolute Gasteiger partial charge is 0.0984 e. The van der Waals surface area contributed by atoms with E-state index in [1.165, 1.54) is 37.7 Å². The van der Waals surface area contributed by atoms with Crippen LogP contribution in [0.15, 0.2) is 11.6 Å². The molecule has 0 aliphatic heterocycles. The average Bonchev–Trinajstić information content (AvgIpc) is 2.05. The SMILES string of the molecule is CC(C)(C=C1CCCCC1)S(N)=O. The Kier molecular flexibility index (Phi) is 3.68. The van der Waals surface area contributed by atoms with Gasteiger partial charge in [0.1, 0.15) is 0 Å². The fourth-order valence-corrected chi connectivity index (χ4v) is 1.98. The Bertz CT molecular complexity index is 225. The predicted molar refractivity (Wildman–Crippen MR) is 57.6 cm³/mol. The lowest BCUT2D eigenvalue weighted by molar-refractivity contribution is 0.591. The summed E-state index contributed by atoms with van der Waals surface area (Å²) in [6, 6.07) is 0. The van der Waals surface area contributed by atoms with Crippen molar-refractivity contribution in [2.24, 2.45) is 5.14 Å². The number of rotatable bonds is 2. The van der Waals surface area contributed by atoms with Crippen molar-refractivity contribution in [3.8, 4) is 0 Å². The fraction of sp³-hybridized carbons (Fsp3) is 0.800. The minimum absolute atomic E-state index is 0.354. The van der Waals surface area contributed by atoms with Crippen LogP contribution in [0.3, 0.4) is 0 Å². The van der Waals surface area contributed by atoms with Crippen LogP contribution in [-0.2, 0) is 11.0 Å². The second-order valence-electron chi connectivity index (χ2n) is 4.26. The van der Waals surface area contributed by atoms with Gasteiger partial charge >= 0.3 is 0 Å². The van der Waals surface area contributed by atoms with Crippen molar-refractivity contribution in [2.45, 2.75) is 50.7 Å². The van der Waals surface area contributed by atoms with Crippen LogP contribution in [-0.4, -0.2) is 8.96 Å². The minimum Gasteiger partial charge on any atom is -0.251 e. The van der Waals surface area contributed by atoms with Crippen LogP contribution in [0.2, 0.25) is 0 Å². The molecule has 2 N–H and O–H groups in total. The van der Waals surface area contributed by atoms with Crippen molar-refractivity contribution in [2.75, 3.05) is 0 Å². The Morgan fingerprint density at radius 1 is 1.31 bits per heavy atom. The van der Waals surface area contributed by atoms with Crippen molar-refractivity contribution in [3.05, 3.63) is 11.6 Å². The molecule has 1 aliphatic carbocycles. The van der Waals surface area contributed by atoms with Gasteiger partial charge in [0.15, 0.2) is 0 Å². The van der Waals surface area contributed by atoms with E-state index in [2.05, 4.69) is 6.08 Å². The molecule has 0 aromatic rings. The van der Waals surface area contributed by atoms with Crippen LogP contribution >= 0.6 is 0 Å². The summed E-state index contributed by atoms with van der Waals surface area (Å²) in [5.74, 6) is 0. The highest BCUT2D eigenvalue weighted by Crippen LogP contribution is 2.26. The molecule has 0 saturated heterocycles. The summed E-state index contributed by atoms with van der Waals surface area (Å²) in [5, 5.41) is 5.41. The standard InChI is InChI=1S/C10H19NOS/c1-10(2,13(11)12)8-9-6-4-3-5-7-9/h8H,3-7,11H2,1-2H3. The van der Waals surface area contributed by atoms with E-state index in [4.69, 9.17) is 5.14 Å². The molecular weight excluding hydrogens is 182 g/mol. The van der Waals surface area contributed by atoms with Crippen LogP contribution in [0.1, 0.15) is 46.0 Å². The van der Waals surface area contributed by atoms with Crippen molar-refractivity contribution in [1.29, 1.82) is 0 Å². The van der Waals surface area contributed by atoms with Gasteiger partial charge in [-0.3, -0.25) is 5.14 Å². The first-order chi connectivity index (χ1) is 6.02. The van der Waals surface area contributed by atoms with Gasteiger partial charge in [0.2, 0.25) is 0 Å². The van der Waals surface area contributed by atoms with Gasteiger partial charge < -0.3 is 0 Å². The lowest BCUT2D eigenvalue weighted by Gasteiger charge is -2.21. The molecule has 13 heavy (non-hydrogen) atoms. The van der Waals surface area contributed by atoms with Crippen molar-refractivity contribution >= 4 is 11.0 Å². The number of hydrogen-bond donors (Lipinski definition) is 1. The molecule has 3 heteroatoms. The highest BCUT2D eigenvalue weighted by molar-refractivity contribution is 7.84. The summed E-state index contributed by atoms with van der Waals surface area (Å²) in [6.07, 6.45) is 8.34. The van der Waals surface area contributed by atoms with Crippen LogP contribution < -0.4 is 5.14 Å². The van der Waals surface area contributed by atoms with Crippen LogP contribution in [0.25, 0.3) is 0 Å². The Morgan fingerprint density at radius 2 is 1.85 bits per heavy atom. The summed E-state index contributed by atoms with van der Waals surface area (Å²) >= 11 is 0. The summed E-state index contributed by atoms with van der Waals surface area (Å²) in [6.45, 7) is 3.87. The van der Waals surface area contributed by atoms with Gasteiger partial charge in [-0.05, 0) is 39.5 Å². The molecule has 76 valence electrons. The van der Waals surface area contributed by atoms with Crippen LogP contribution in [0.4, 0.5) is 0 Å². The lowest BCUT2D eigenvalue weighted by atomic mass is 9.92. The Balaban J connectivity index is 2.67. The normalized spacial score (nSPS) is 21.3. The van der Waals surface area contributed by atoms with Crippen LogP contribution in [0, 0.1) is 0 Å². The van der Waals surface area contributed by atoms with Gasteiger partial charge in [-0.1, -0.05) is 18.1 Å². The summed E-state index contributed by atoms with van der Waals surface area (Å²) in [5.41, 5.74) is 1.44. The van der Waals surface area contributed by atoms with E-state index in [0.717, 1.165) is 0 Å². The van der Waals surface area contributed by atoms with E-state index >= 15 is 0 Å². The first kappa shape index (κ1) is 10.9. The molecule has 0 radical (unpaired) electrons. The first-order valence-electron chi connectivity index (χ1n) is 4.89. The zero-order valence-corrected chi connectivity index (χ0v) is 9.32. The third-order valence-corrected chi connectivity index (χ3v) is 3.72. The summed E-state index contributed by atoms with van der Waals surface area (Å²) < 4.78 is 10.8. The number of hydrogen-bond acceptors (Lipinski definition) is 1. The number of allylic oxidation sites excluding steroid dienone is 1. The quantitative estimate of drug-likeness (QED) is 0.684. The van der Waals surface area contributed by atoms with E-state index in [0.29, 0.717) is 0 Å². The third-order valence-electron chi connectivity index (χ3n) is 2.57. The Hall–Kier alpha value is -0.150. The second-order valence-corrected chi connectivity index (χ2v) is 5.91. The predicted octanol–water partition coefficient (Wildman–Crippen LogP) is 2.28. The molecule has 1 saturated carbocycles. The largest absolute Gasteiger partial charge is 0.251 e. The van der Waals surface area contributed by atoms with Crippen LogP contribution in [0.5, 0.6) is 0 Å². The molecule has 2 nitrogen and oxygen atoms in total. The lowest BCUT2D eigenvalue weighted by Crippen LogP contribution is -2.30. The van der Waals surface area contributed by atoms with Crippen molar-refractivity contribution in [3.63, 3.8) is 0 Å². The molecule has 1 aliphatic rings. The maximum Gasteiger partial charge on any atom is 0.0984 e. The van der Waals surface area contributed by atoms with Gasteiger partial charge in [-0.2, -0.15) is 0 Å². The molecule has 0 amide bonds. The molecule has 1 rings (SSSR count). The monoisotopic (exact) mass is 201 g/mol. The Morgan fingerprint density at radius 3 is 2.31 bits per heavy atom. The van der Waals surface area contributed by atoms with Gasteiger partial charge in [0, 0.05) is 0 Å². The minimum atomic E-state index is -1.25. The molecule has 0 aromatic heterocycles. The topological polar surface area (TPSA) is 43.1 Å². The Labute approximate surface area is 83.2 Å². The van der Waals surface area contributed by atoms with Crippen molar-refractivity contribution < 1.29 is 4.21 Å². The zero-order valence-electron chi connectivity index (χ0n) is 8.51. The fourth-order valence-electron chi connectivity index (χ4n) is 1.70. The number of nitrogens with two attached hydrogens (primary N) is 1. The molecule has 1 fully saturated rings. The zero-order chi connectivity index (χ0) is 9.90. The van der Waals surface area contributed by atoms with E-state index in [9.17, 15) is 4.21 Å². The van der Waals surface area contributed by atoms with E-state index in [-0.39, 0.29) is 4.75 Å². The van der Waals surface area contributed by atoms with Gasteiger partial charge in [-0.15, -0.1) is 0 Å². The maximum absolute atomic E-state index is 11.2. The van der Waals surface area contributed by atoms with Crippen molar-refractivity contribution in [1.82, 2.24) is 0 Å². The molecule has 0 aromatic carbocycles.